The number of hydrogen-bond donors (Lipinski definition) is 2. The summed E-state index contributed by atoms with van der Waals surface area (Å²) in [6.45, 7) is 1.02. The molecule has 1 aromatic carbocycles. The second-order valence-electron chi connectivity index (χ2n) is 4.57. The van der Waals surface area contributed by atoms with Crippen molar-refractivity contribution in [3.8, 4) is 0 Å². The summed E-state index contributed by atoms with van der Waals surface area (Å²) in [7, 11) is 0. The maximum atomic E-state index is 13.0. The molecule has 2 atom stereocenters. The van der Waals surface area contributed by atoms with Crippen LogP contribution >= 0.6 is 11.6 Å². The zero-order chi connectivity index (χ0) is 12.3. The Morgan fingerprint density at radius 2 is 2.29 bits per heavy atom. The Morgan fingerprint density at radius 3 is 2.94 bits per heavy atom. The summed E-state index contributed by atoms with van der Waals surface area (Å²) < 4.78 is 13.0. The summed E-state index contributed by atoms with van der Waals surface area (Å²) in [5, 5.41) is 13.5. The third-order valence-electron chi connectivity index (χ3n) is 3.25. The first-order chi connectivity index (χ1) is 8.16. The van der Waals surface area contributed by atoms with Crippen LogP contribution < -0.4 is 5.32 Å². The van der Waals surface area contributed by atoms with Gasteiger partial charge in [-0.1, -0.05) is 24.1 Å². The minimum Gasteiger partial charge on any atom is -0.388 e. The first-order valence-corrected chi connectivity index (χ1v) is 6.41. The summed E-state index contributed by atoms with van der Waals surface area (Å²) in [4.78, 5) is 0. The fourth-order valence-corrected chi connectivity index (χ4v) is 2.44. The zero-order valence-electron chi connectivity index (χ0n) is 9.63. The van der Waals surface area contributed by atoms with Gasteiger partial charge in [-0.15, -0.1) is 0 Å². The molecule has 1 aromatic rings. The Morgan fingerprint density at radius 1 is 1.47 bits per heavy atom. The Labute approximate surface area is 106 Å². The van der Waals surface area contributed by atoms with Crippen LogP contribution in [0.15, 0.2) is 18.2 Å². The van der Waals surface area contributed by atoms with Crippen LogP contribution in [0.25, 0.3) is 0 Å². The van der Waals surface area contributed by atoms with Crippen molar-refractivity contribution in [1.29, 1.82) is 0 Å². The van der Waals surface area contributed by atoms with Crippen LogP contribution in [0, 0.1) is 5.82 Å². The number of rotatable bonds is 3. The van der Waals surface area contributed by atoms with Gasteiger partial charge in [0, 0.05) is 6.04 Å². The summed E-state index contributed by atoms with van der Waals surface area (Å²) >= 11 is 5.70. The van der Waals surface area contributed by atoms with Crippen molar-refractivity contribution >= 4 is 11.6 Å². The first-order valence-electron chi connectivity index (χ1n) is 6.03. The normalized spacial score (nSPS) is 22.4. The van der Waals surface area contributed by atoms with Crippen LogP contribution in [0.2, 0.25) is 5.02 Å². The molecule has 2 unspecified atom stereocenters. The fourth-order valence-electron chi connectivity index (χ4n) is 2.25. The number of piperidine rings is 1. The molecule has 1 aliphatic heterocycles. The van der Waals surface area contributed by atoms with E-state index in [9.17, 15) is 9.50 Å². The lowest BCUT2D eigenvalue weighted by Gasteiger charge is -2.25. The predicted octanol–water partition coefficient (Wildman–Crippen LogP) is 3.04. The molecular weight excluding hydrogens is 241 g/mol. The maximum absolute atomic E-state index is 13.0. The molecule has 0 bridgehead atoms. The van der Waals surface area contributed by atoms with E-state index in [-0.39, 0.29) is 5.02 Å². The first kappa shape index (κ1) is 12.8. The van der Waals surface area contributed by atoms with E-state index in [1.165, 1.54) is 25.0 Å². The molecule has 0 aliphatic carbocycles. The van der Waals surface area contributed by atoms with Gasteiger partial charge < -0.3 is 10.4 Å². The smallest absolute Gasteiger partial charge is 0.141 e. The van der Waals surface area contributed by atoms with Crippen molar-refractivity contribution in [1.82, 2.24) is 5.32 Å². The lowest BCUT2D eigenvalue weighted by atomic mass is 9.96. The second-order valence-corrected chi connectivity index (χ2v) is 4.98. The van der Waals surface area contributed by atoms with E-state index in [0.29, 0.717) is 18.0 Å². The summed E-state index contributed by atoms with van der Waals surface area (Å²) in [5.74, 6) is -0.446. The highest BCUT2D eigenvalue weighted by atomic mass is 35.5. The molecule has 17 heavy (non-hydrogen) atoms. The third kappa shape index (κ3) is 3.41. The SMILES string of the molecule is OC(CC1CCCCN1)c1ccc(F)c(Cl)c1. The van der Waals surface area contributed by atoms with Gasteiger partial charge in [0.2, 0.25) is 0 Å². The van der Waals surface area contributed by atoms with E-state index in [2.05, 4.69) is 5.32 Å². The van der Waals surface area contributed by atoms with Crippen LogP contribution in [-0.4, -0.2) is 17.7 Å². The molecule has 2 nitrogen and oxygen atoms in total. The van der Waals surface area contributed by atoms with Gasteiger partial charge in [0.15, 0.2) is 0 Å². The molecule has 0 spiro atoms. The van der Waals surface area contributed by atoms with Gasteiger partial charge in [-0.2, -0.15) is 0 Å². The van der Waals surface area contributed by atoms with Gasteiger partial charge >= 0.3 is 0 Å². The minimum atomic E-state index is -0.580. The van der Waals surface area contributed by atoms with Crippen molar-refractivity contribution in [2.75, 3.05) is 6.54 Å². The highest BCUT2D eigenvalue weighted by molar-refractivity contribution is 6.30. The average molecular weight is 258 g/mol. The van der Waals surface area contributed by atoms with E-state index in [1.807, 2.05) is 0 Å². The number of halogens is 2. The molecule has 2 N–H and O–H groups in total. The lowest BCUT2D eigenvalue weighted by molar-refractivity contribution is 0.144. The van der Waals surface area contributed by atoms with Crippen molar-refractivity contribution in [2.45, 2.75) is 37.8 Å². The highest BCUT2D eigenvalue weighted by Crippen LogP contribution is 2.25. The monoisotopic (exact) mass is 257 g/mol. The van der Waals surface area contributed by atoms with Gasteiger partial charge in [0.05, 0.1) is 11.1 Å². The van der Waals surface area contributed by atoms with Gasteiger partial charge in [-0.25, -0.2) is 4.39 Å². The van der Waals surface area contributed by atoms with Gasteiger partial charge in [0.25, 0.3) is 0 Å². The topological polar surface area (TPSA) is 32.3 Å². The minimum absolute atomic E-state index is 0.0677. The van der Waals surface area contributed by atoms with Gasteiger partial charge in [0.1, 0.15) is 5.82 Å². The van der Waals surface area contributed by atoms with E-state index >= 15 is 0 Å². The van der Waals surface area contributed by atoms with E-state index in [0.717, 1.165) is 13.0 Å². The van der Waals surface area contributed by atoms with Crippen molar-refractivity contribution in [2.24, 2.45) is 0 Å². The van der Waals surface area contributed by atoms with E-state index < -0.39 is 11.9 Å². The van der Waals surface area contributed by atoms with Crippen LogP contribution in [0.1, 0.15) is 37.4 Å². The standard InChI is InChI=1S/C13H17ClFNO/c14-11-7-9(4-5-12(11)15)13(17)8-10-3-1-2-6-16-10/h4-5,7,10,13,16-17H,1-3,6,8H2. The number of aliphatic hydroxyl groups is 1. The number of aliphatic hydroxyl groups excluding tert-OH is 1. The largest absolute Gasteiger partial charge is 0.388 e. The molecular formula is C13H17ClFNO. The Kier molecular flexibility index (Phi) is 4.37. The van der Waals surface area contributed by atoms with Crippen molar-refractivity contribution in [3.63, 3.8) is 0 Å². The molecule has 4 heteroatoms. The molecule has 0 aromatic heterocycles. The fraction of sp³-hybridized carbons (Fsp3) is 0.538. The molecule has 94 valence electrons. The summed E-state index contributed by atoms with van der Waals surface area (Å²) in [6.07, 6.45) is 3.57. The quantitative estimate of drug-likeness (QED) is 0.872. The van der Waals surface area contributed by atoms with Crippen LogP contribution in [0.5, 0.6) is 0 Å². The van der Waals surface area contributed by atoms with Crippen LogP contribution in [0.3, 0.4) is 0 Å². The molecule has 1 saturated heterocycles. The zero-order valence-corrected chi connectivity index (χ0v) is 10.4. The number of hydrogen-bond acceptors (Lipinski definition) is 2. The van der Waals surface area contributed by atoms with Crippen molar-refractivity contribution in [3.05, 3.63) is 34.6 Å². The molecule has 1 aliphatic rings. The highest BCUT2D eigenvalue weighted by Gasteiger charge is 2.18. The van der Waals surface area contributed by atoms with Gasteiger partial charge in [-0.05, 0) is 43.5 Å². The second kappa shape index (κ2) is 5.80. The Balaban J connectivity index is 1.98. The molecule has 0 amide bonds. The van der Waals surface area contributed by atoms with Crippen LogP contribution in [0.4, 0.5) is 4.39 Å². The molecule has 1 heterocycles. The maximum Gasteiger partial charge on any atom is 0.141 e. The average Bonchev–Trinajstić information content (AvgIpc) is 2.34. The van der Waals surface area contributed by atoms with Crippen molar-refractivity contribution < 1.29 is 9.50 Å². The summed E-state index contributed by atoms with van der Waals surface area (Å²) in [6, 6.07) is 4.75. The number of benzene rings is 1. The van der Waals surface area contributed by atoms with Gasteiger partial charge in [-0.3, -0.25) is 0 Å². The Bertz CT molecular complexity index is 380. The predicted molar refractivity (Wildman–Crippen MR) is 66.6 cm³/mol. The molecule has 1 fully saturated rings. The van der Waals surface area contributed by atoms with Crippen LogP contribution in [-0.2, 0) is 0 Å². The van der Waals surface area contributed by atoms with E-state index in [1.54, 1.807) is 6.07 Å². The summed E-state index contributed by atoms with van der Waals surface area (Å²) in [5.41, 5.74) is 0.684. The lowest BCUT2D eigenvalue weighted by Crippen LogP contribution is -2.35. The van der Waals surface area contributed by atoms with E-state index in [4.69, 9.17) is 11.6 Å². The molecule has 0 radical (unpaired) electrons. The number of nitrogens with one attached hydrogen (secondary N) is 1. The third-order valence-corrected chi connectivity index (χ3v) is 3.54. The molecule has 2 rings (SSSR count). The Hall–Kier alpha value is -0.640. The molecule has 0 saturated carbocycles.